The Bertz CT molecular complexity index is 6010. The molecule has 5 aromatic carbocycles. The number of nitrogens with two attached hydrogens (primary N) is 3. The number of alkyl halides is 3. The fourth-order valence-electron chi connectivity index (χ4n) is 13.1. The molecule has 3 saturated heterocycles. The van der Waals surface area contributed by atoms with Gasteiger partial charge in [0, 0.05) is 24.1 Å². The maximum Gasteiger partial charge on any atom is 0.513 e. The third kappa shape index (κ3) is 24.4. The Morgan fingerprint density at radius 2 is 0.873 bits per heavy atom. The van der Waals surface area contributed by atoms with Gasteiger partial charge in [0.05, 0.1) is 55.5 Å². The van der Waals surface area contributed by atoms with Gasteiger partial charge >= 0.3 is 39.4 Å². The average molecular weight is 1990 g/mol. The van der Waals surface area contributed by atoms with E-state index in [2.05, 4.69) is 70.2 Å². The molecule has 16 atom stereocenters. The Morgan fingerprint density at radius 3 is 1.30 bits per heavy atom. The first-order chi connectivity index (χ1) is 61.7. The van der Waals surface area contributed by atoms with Gasteiger partial charge in [-0.25, -0.2) is 60.0 Å². The molecule has 3 aliphatic heterocycles. The number of benzene rings is 5. The van der Waals surface area contributed by atoms with E-state index in [1.807, 2.05) is 0 Å². The van der Waals surface area contributed by atoms with Crippen LogP contribution in [0.5, 0.6) is 17.2 Å². The van der Waals surface area contributed by atoms with Gasteiger partial charge in [-0.2, -0.15) is 48.9 Å². The number of nitrogens with zero attached hydrogens (tertiary/aromatic N) is 12. The van der Waals surface area contributed by atoms with Crippen LogP contribution < -0.4 is 51.6 Å². The highest BCUT2D eigenvalue weighted by molar-refractivity contribution is 7.52. The highest BCUT2D eigenvalue weighted by Crippen LogP contribution is 2.52. The predicted molar refractivity (Wildman–Crippen MR) is 475 cm³/mol. The third-order valence-electron chi connectivity index (χ3n) is 19.4. The van der Waals surface area contributed by atoms with Crippen LogP contribution in [0.3, 0.4) is 0 Å². The second kappa shape index (κ2) is 44.7. The molecule has 9 heterocycles. The van der Waals surface area contributed by atoms with Gasteiger partial charge in [0.15, 0.2) is 86.6 Å². The number of esters is 4. The average Bonchev–Trinajstić information content (AvgIpc) is 1.59. The monoisotopic (exact) mass is 1990 g/mol. The van der Waals surface area contributed by atoms with Crippen LogP contribution in [0.2, 0.25) is 15.2 Å². The molecule has 11 aromatic rings. The molecule has 0 unspecified atom stereocenters. The van der Waals surface area contributed by atoms with Crippen molar-refractivity contribution in [1.29, 1.82) is 0 Å². The molecule has 0 spiro atoms. The summed E-state index contributed by atoms with van der Waals surface area (Å²) in [5.41, 5.74) is 12.1. The summed E-state index contributed by atoms with van der Waals surface area (Å²) in [5, 5.41) is 41.1. The number of imidazole rings is 3. The summed E-state index contributed by atoms with van der Waals surface area (Å²) < 4.78 is 206. The smallest absolute Gasteiger partial charge is 0.462 e. The molecule has 3 fully saturated rings. The molecule has 0 amide bonds. The lowest BCUT2D eigenvalue weighted by molar-refractivity contribution is -0.150. The Labute approximate surface area is 775 Å². The Kier molecular flexibility index (Phi) is 36.0. The van der Waals surface area contributed by atoms with Crippen molar-refractivity contribution in [2.75, 3.05) is 61.8 Å². The van der Waals surface area contributed by atoms with E-state index in [0.717, 1.165) is 6.92 Å². The summed E-state index contributed by atoms with van der Waals surface area (Å²) in [5.74, 6) is -16.2. The van der Waals surface area contributed by atoms with Crippen molar-refractivity contribution in [1.82, 2.24) is 68.7 Å². The van der Waals surface area contributed by atoms with Crippen molar-refractivity contribution in [3.05, 3.63) is 184 Å². The lowest BCUT2D eigenvalue weighted by Crippen LogP contribution is -2.44. The van der Waals surface area contributed by atoms with E-state index >= 15 is 8.78 Å². The number of fused-ring (bicyclic) bond motifs is 3. The van der Waals surface area contributed by atoms with Crippen molar-refractivity contribution >= 4 is 137 Å². The number of ether oxygens (including phenoxy) is 7. The van der Waals surface area contributed by atoms with Crippen LogP contribution in [0.15, 0.2) is 128 Å². The molecule has 6 aromatic heterocycles. The van der Waals surface area contributed by atoms with Crippen molar-refractivity contribution in [2.24, 2.45) is 0 Å². The number of halogens is 11. The van der Waals surface area contributed by atoms with E-state index in [4.69, 9.17) is 98.7 Å². The number of hydrogen-bond donors (Lipinski definition) is 10. The number of aromatic nitrogens is 12. The zero-order chi connectivity index (χ0) is 95.8. The molecule has 728 valence electrons. The minimum Gasteiger partial charge on any atom is -0.462 e. The normalized spacial score (nSPS) is 22.5. The zero-order valence-electron chi connectivity index (χ0n) is 70.7. The largest absolute Gasteiger partial charge is 0.513 e. The number of aliphatic hydroxyl groups is 3. The summed E-state index contributed by atoms with van der Waals surface area (Å²) in [7, 11) is -5.92. The number of rotatable bonds is 28. The Balaban J connectivity index is 0.000000223. The molecular formula is C82H98Cl3F8N19O20P2. The third-order valence-corrected chi connectivity index (χ3v) is 23.4. The highest BCUT2D eigenvalue weighted by Gasteiger charge is 2.60. The standard InChI is InChI=1S/C25H19Cl3FN5O5.C24H33FN7O7P.C18H17F5NO5P.C12H17FN6O3.3CH4/c1-25(29)18(39-22(36)13-4-8-15(27)9-5-13)16(10-37-21(35)12-2-6-14(26)7-3-12)38-23(25)34-11-31-17-19(28)32-24(30)33-20(17)34;1-13(2)37-21(34)14(3)31-40(35,39-15-9-7-6-8-10-15)36-11-16-18(33)24(4,25)22(38-16)32-12-28-17-19(27-5)29-23(26)30-20(17)32;1-9(2)27-18(25)10(3)24-30(26,28-11-7-5-4-6-8-11)29-17-15(22)13(20)12(19)14(21)16(17)23;1-12(13)7(21)5(3-20)22-10(12)19-4-16-6-8(15-2)17-11(14)18-9(6)19;;;/h2-9,11,16,18,23H,10H2,1H3,(H2,30,32,33);6-10,12-14,16,18,22,33H,11H2,1-5H3,(H,31,35)(H3,26,27,29,30);4-10H,1-3H3,(H,24,26);4-5,7,10,20-21H,3H2,1-2H3,(H3,14,15,17,18);3*1H4/t16-,18-,23-,25-;14-,16+,18+,22+,24+,40-;10-,30-;5-,7-,10-,12-;;;/m1001.../s1. The van der Waals surface area contributed by atoms with E-state index in [-0.39, 0.29) is 90.4 Å². The number of nitrogens with one attached hydrogen (secondary N) is 4. The van der Waals surface area contributed by atoms with Gasteiger partial charge in [-0.15, -0.1) is 0 Å². The van der Waals surface area contributed by atoms with Crippen LogP contribution in [0.25, 0.3) is 33.5 Å². The second-order valence-corrected chi connectivity index (χ2v) is 34.6. The highest BCUT2D eigenvalue weighted by atomic mass is 35.5. The second-order valence-electron chi connectivity index (χ2n) is 30.0. The lowest BCUT2D eigenvalue weighted by atomic mass is 9.98. The first-order valence-electron chi connectivity index (χ1n) is 39.2. The van der Waals surface area contributed by atoms with Crippen molar-refractivity contribution in [3.63, 3.8) is 0 Å². The molecular weight excluding hydrogens is 1890 g/mol. The number of carbonyl (C=O) groups excluding carboxylic acids is 4. The molecule has 39 nitrogen and oxygen atoms in total. The number of carbonyl (C=O) groups is 4. The van der Waals surface area contributed by atoms with Crippen molar-refractivity contribution < 1.29 is 130 Å². The van der Waals surface area contributed by atoms with E-state index in [1.165, 1.54) is 147 Å². The van der Waals surface area contributed by atoms with Crippen LogP contribution in [0.4, 0.5) is 64.6 Å². The van der Waals surface area contributed by atoms with E-state index < -0.39 is 191 Å². The first-order valence-corrected chi connectivity index (χ1v) is 43.4. The van der Waals surface area contributed by atoms with Gasteiger partial charge in [-0.1, -0.05) is 93.5 Å². The van der Waals surface area contributed by atoms with E-state index in [9.17, 15) is 70.0 Å². The molecule has 0 radical (unpaired) electrons. The number of anilines is 5. The van der Waals surface area contributed by atoms with Crippen LogP contribution >= 0.6 is 50.3 Å². The molecule has 13 N–H and O–H groups in total. The molecule has 3 aliphatic rings. The summed E-state index contributed by atoms with van der Waals surface area (Å²) in [4.78, 5) is 86.7. The van der Waals surface area contributed by atoms with Gasteiger partial charge in [0.2, 0.25) is 52.7 Å². The zero-order valence-corrected chi connectivity index (χ0v) is 74.7. The molecule has 134 heavy (non-hydrogen) atoms. The number of nitrogen functional groups attached to an aromatic ring is 3. The van der Waals surface area contributed by atoms with E-state index in [0.29, 0.717) is 32.7 Å². The molecule has 52 heteroatoms. The van der Waals surface area contributed by atoms with Crippen LogP contribution in [-0.4, -0.2) is 210 Å². The molecule has 0 bridgehead atoms. The molecule has 0 aliphatic carbocycles. The maximum atomic E-state index is 16.6. The lowest BCUT2D eigenvalue weighted by Gasteiger charge is -2.27. The SMILES string of the molecule is C.C.C.CC(C)OC(=O)[C@H](C)N[P@](=O)(Oc1ccccc1)Oc1c(F)c(F)c(F)c(F)c1F.CNc1nc(N)nc2c1ncn2[C@@H]1O[C@H](CO)[C@@H](O)[C@@]1(C)F.CNc1nc(N)nc2c1ncn2[C@@H]1O[C@H](CO[P@@](=O)(N[C@@H](C)C(=O)OC(C)C)Oc2ccccc2)[C@@H](O)[C@@]1(C)F.C[C@@]1(F)[C@H](OC(=O)c2ccc(Cl)cc2)[C@@H](COC(=O)c2ccc(Cl)cc2)O[C@H]1n1cnc2c(Cl)nc(N)nc21. The van der Waals surface area contributed by atoms with Crippen molar-refractivity contribution in [2.45, 2.75) is 181 Å². The fraction of sp³-hybridized carbons (Fsp3) is 0.402. The minimum atomic E-state index is -4.91. The summed E-state index contributed by atoms with van der Waals surface area (Å²) in [6.45, 7) is 11.1. The maximum absolute atomic E-state index is 16.6. The van der Waals surface area contributed by atoms with Crippen LogP contribution in [0, 0.1) is 29.1 Å². The summed E-state index contributed by atoms with van der Waals surface area (Å²) >= 11 is 17.9. The van der Waals surface area contributed by atoms with E-state index in [1.54, 1.807) is 64.3 Å². The topological polar surface area (TPSA) is 522 Å². The quantitative estimate of drug-likeness (QED) is 0.00414. The van der Waals surface area contributed by atoms with Gasteiger partial charge in [-0.3, -0.25) is 27.8 Å². The van der Waals surface area contributed by atoms with Crippen LogP contribution in [0.1, 0.15) is 124 Å². The first kappa shape index (κ1) is 108. The van der Waals surface area contributed by atoms with Crippen molar-refractivity contribution in [3.8, 4) is 17.2 Å². The molecule has 14 rings (SSSR count). The summed E-state index contributed by atoms with van der Waals surface area (Å²) in [6.07, 6.45) is -9.32. The predicted octanol–water partition coefficient (Wildman–Crippen LogP) is 13.9. The van der Waals surface area contributed by atoms with Gasteiger partial charge in [-0.05, 0) is 135 Å². The fourth-order valence-corrected chi connectivity index (χ4v) is 16.6. The van der Waals surface area contributed by atoms with Gasteiger partial charge < -0.3 is 89.9 Å². The van der Waals surface area contributed by atoms with Gasteiger partial charge in [0.1, 0.15) is 66.2 Å². The Morgan fingerprint density at radius 1 is 0.500 bits per heavy atom. The number of aliphatic hydroxyl groups excluding tert-OH is 3. The summed E-state index contributed by atoms with van der Waals surface area (Å²) in [6, 6.07) is 24.6. The Hall–Kier alpha value is -11.6. The number of hydrogen-bond acceptors (Lipinski definition) is 34. The minimum absolute atomic E-state index is 0. The van der Waals surface area contributed by atoms with Gasteiger partial charge in [0.25, 0.3) is 0 Å². The number of para-hydroxylation sites is 2. The van der Waals surface area contributed by atoms with Crippen LogP contribution in [-0.2, 0) is 56.4 Å². The molecule has 0 saturated carbocycles.